The summed E-state index contributed by atoms with van der Waals surface area (Å²) in [5, 5.41) is 3.52. The Balaban J connectivity index is 1.72. The van der Waals surface area contributed by atoms with E-state index >= 15 is 0 Å². The predicted molar refractivity (Wildman–Crippen MR) is 84.0 cm³/mol. The van der Waals surface area contributed by atoms with Gasteiger partial charge >= 0.3 is 0 Å². The molecule has 0 saturated heterocycles. The number of rotatable bonds is 7. The normalized spacial score (nSPS) is 12.1. The summed E-state index contributed by atoms with van der Waals surface area (Å²) in [4.78, 5) is 0. The summed E-state index contributed by atoms with van der Waals surface area (Å²) in [5.41, 5.74) is 2.70. The molecule has 0 aromatic heterocycles. The van der Waals surface area contributed by atoms with Crippen LogP contribution in [0.5, 0.6) is 5.75 Å². The number of hydrogen-bond acceptors (Lipinski definition) is 2. The maximum Gasteiger partial charge on any atom is 0.118 e. The Morgan fingerprint density at radius 3 is 2.30 bits per heavy atom. The van der Waals surface area contributed by atoms with Crippen molar-refractivity contribution in [2.75, 3.05) is 13.7 Å². The molecule has 2 heteroatoms. The molecule has 2 rings (SSSR count). The van der Waals surface area contributed by atoms with Gasteiger partial charge in [-0.1, -0.05) is 49.4 Å². The van der Waals surface area contributed by atoms with Gasteiger partial charge in [-0.25, -0.2) is 0 Å². The van der Waals surface area contributed by atoms with Gasteiger partial charge in [-0.3, -0.25) is 0 Å². The lowest BCUT2D eigenvalue weighted by Crippen LogP contribution is -2.22. The van der Waals surface area contributed by atoms with E-state index < -0.39 is 0 Å². The van der Waals surface area contributed by atoms with E-state index in [1.807, 2.05) is 12.1 Å². The summed E-state index contributed by atoms with van der Waals surface area (Å²) in [5.74, 6) is 1.54. The molecule has 0 aliphatic heterocycles. The zero-order chi connectivity index (χ0) is 14.2. The van der Waals surface area contributed by atoms with E-state index in [1.165, 1.54) is 11.1 Å². The molecule has 0 saturated carbocycles. The first-order valence-electron chi connectivity index (χ1n) is 7.15. The number of methoxy groups -OCH3 is 1. The highest BCUT2D eigenvalue weighted by atomic mass is 16.5. The molecule has 0 amide bonds. The summed E-state index contributed by atoms with van der Waals surface area (Å²) in [7, 11) is 1.69. The van der Waals surface area contributed by atoms with E-state index in [4.69, 9.17) is 4.74 Å². The molecule has 0 aliphatic carbocycles. The Labute approximate surface area is 121 Å². The Bertz CT molecular complexity index is 493. The smallest absolute Gasteiger partial charge is 0.118 e. The molecule has 0 aliphatic rings. The fraction of sp³-hybridized carbons (Fsp3) is 0.333. The molecule has 2 nitrogen and oxygen atoms in total. The van der Waals surface area contributed by atoms with E-state index in [2.05, 4.69) is 54.7 Å². The molecule has 106 valence electrons. The van der Waals surface area contributed by atoms with Gasteiger partial charge in [-0.15, -0.1) is 0 Å². The van der Waals surface area contributed by atoms with Crippen LogP contribution >= 0.6 is 0 Å². The van der Waals surface area contributed by atoms with Crippen LogP contribution in [0.15, 0.2) is 54.6 Å². The molecule has 1 atom stereocenters. The molecule has 2 aromatic carbocycles. The van der Waals surface area contributed by atoms with Crippen molar-refractivity contribution in [1.82, 2.24) is 5.32 Å². The Morgan fingerprint density at radius 2 is 1.65 bits per heavy atom. The highest BCUT2D eigenvalue weighted by molar-refractivity contribution is 5.27. The fourth-order valence-corrected chi connectivity index (χ4v) is 2.29. The van der Waals surface area contributed by atoms with Gasteiger partial charge in [0.15, 0.2) is 0 Å². The lowest BCUT2D eigenvalue weighted by molar-refractivity contribution is 0.414. The number of ether oxygens (including phenoxy) is 1. The first-order chi connectivity index (χ1) is 9.78. The van der Waals surface area contributed by atoms with E-state index in [0.29, 0.717) is 5.92 Å². The maximum absolute atomic E-state index is 5.16. The van der Waals surface area contributed by atoms with Crippen molar-refractivity contribution < 1.29 is 4.74 Å². The van der Waals surface area contributed by atoms with Crippen LogP contribution in [0.3, 0.4) is 0 Å². The quantitative estimate of drug-likeness (QED) is 0.828. The van der Waals surface area contributed by atoms with Crippen LogP contribution in [0.25, 0.3) is 0 Å². The highest BCUT2D eigenvalue weighted by Crippen LogP contribution is 2.11. The van der Waals surface area contributed by atoms with E-state index in [1.54, 1.807) is 7.11 Å². The van der Waals surface area contributed by atoms with Crippen molar-refractivity contribution in [3.63, 3.8) is 0 Å². The van der Waals surface area contributed by atoms with Crippen LogP contribution < -0.4 is 10.1 Å². The zero-order valence-electron chi connectivity index (χ0n) is 12.3. The summed E-state index contributed by atoms with van der Waals surface area (Å²) >= 11 is 0. The van der Waals surface area contributed by atoms with Crippen molar-refractivity contribution in [2.45, 2.75) is 19.9 Å². The zero-order valence-corrected chi connectivity index (χ0v) is 12.3. The van der Waals surface area contributed by atoms with Crippen LogP contribution in [0.4, 0.5) is 0 Å². The average Bonchev–Trinajstić information content (AvgIpc) is 2.49. The van der Waals surface area contributed by atoms with Crippen molar-refractivity contribution >= 4 is 0 Å². The molecule has 1 N–H and O–H groups in total. The van der Waals surface area contributed by atoms with Gasteiger partial charge < -0.3 is 10.1 Å². The van der Waals surface area contributed by atoms with Gasteiger partial charge in [0.05, 0.1) is 7.11 Å². The predicted octanol–water partition coefficient (Wildman–Crippen LogP) is 3.66. The van der Waals surface area contributed by atoms with Crippen molar-refractivity contribution in [2.24, 2.45) is 5.92 Å². The first kappa shape index (κ1) is 14.6. The van der Waals surface area contributed by atoms with Gasteiger partial charge in [0, 0.05) is 6.54 Å². The molecule has 1 unspecified atom stereocenters. The number of benzene rings is 2. The third kappa shape index (κ3) is 4.71. The molecule has 0 bridgehead atoms. The molecule has 0 heterocycles. The minimum atomic E-state index is 0.635. The van der Waals surface area contributed by atoms with Gasteiger partial charge in [0.2, 0.25) is 0 Å². The average molecular weight is 269 g/mol. The second kappa shape index (κ2) is 7.71. The van der Waals surface area contributed by atoms with E-state index in [0.717, 1.165) is 25.3 Å². The minimum absolute atomic E-state index is 0.635. The lowest BCUT2D eigenvalue weighted by atomic mass is 10.0. The summed E-state index contributed by atoms with van der Waals surface area (Å²) in [6, 6.07) is 18.9. The minimum Gasteiger partial charge on any atom is -0.497 e. The summed E-state index contributed by atoms with van der Waals surface area (Å²) < 4.78 is 5.16. The lowest BCUT2D eigenvalue weighted by Gasteiger charge is -2.13. The van der Waals surface area contributed by atoms with E-state index in [9.17, 15) is 0 Å². The van der Waals surface area contributed by atoms with Crippen molar-refractivity contribution in [3.8, 4) is 5.75 Å². The monoisotopic (exact) mass is 269 g/mol. The third-order valence-corrected chi connectivity index (χ3v) is 3.41. The van der Waals surface area contributed by atoms with Crippen LogP contribution in [-0.4, -0.2) is 13.7 Å². The van der Waals surface area contributed by atoms with Crippen LogP contribution in [-0.2, 0) is 13.0 Å². The maximum atomic E-state index is 5.16. The van der Waals surface area contributed by atoms with Crippen molar-refractivity contribution in [3.05, 3.63) is 65.7 Å². The standard InChI is InChI=1S/C18H23NO/c1-15(12-16-6-4-3-5-7-16)13-19-14-17-8-10-18(20-2)11-9-17/h3-11,15,19H,12-14H2,1-2H3. The topological polar surface area (TPSA) is 21.3 Å². The highest BCUT2D eigenvalue weighted by Gasteiger charge is 2.03. The second-order valence-corrected chi connectivity index (χ2v) is 5.27. The molecule has 0 spiro atoms. The summed E-state index contributed by atoms with van der Waals surface area (Å²) in [6.07, 6.45) is 1.12. The Hall–Kier alpha value is -1.80. The van der Waals surface area contributed by atoms with Crippen LogP contribution in [0, 0.1) is 5.92 Å². The van der Waals surface area contributed by atoms with E-state index in [-0.39, 0.29) is 0 Å². The molecular formula is C18H23NO. The number of hydrogen-bond donors (Lipinski definition) is 1. The molecule has 0 radical (unpaired) electrons. The van der Waals surface area contributed by atoms with Gasteiger partial charge in [0.1, 0.15) is 5.75 Å². The molecule has 0 fully saturated rings. The second-order valence-electron chi connectivity index (χ2n) is 5.27. The largest absolute Gasteiger partial charge is 0.497 e. The SMILES string of the molecule is COc1ccc(CNCC(C)Cc2ccccc2)cc1. The first-order valence-corrected chi connectivity index (χ1v) is 7.15. The third-order valence-electron chi connectivity index (χ3n) is 3.41. The Morgan fingerprint density at radius 1 is 0.950 bits per heavy atom. The summed E-state index contributed by atoms with van der Waals surface area (Å²) in [6.45, 7) is 4.22. The Kier molecular flexibility index (Phi) is 5.63. The van der Waals surface area contributed by atoms with Crippen molar-refractivity contribution in [1.29, 1.82) is 0 Å². The van der Waals surface area contributed by atoms with Gasteiger partial charge in [-0.2, -0.15) is 0 Å². The van der Waals surface area contributed by atoms with Gasteiger partial charge in [0.25, 0.3) is 0 Å². The van der Waals surface area contributed by atoms with Crippen LogP contribution in [0.2, 0.25) is 0 Å². The number of nitrogens with one attached hydrogen (secondary N) is 1. The molecule has 20 heavy (non-hydrogen) atoms. The molecule has 2 aromatic rings. The molecular weight excluding hydrogens is 246 g/mol. The fourth-order valence-electron chi connectivity index (χ4n) is 2.29. The van der Waals surface area contributed by atoms with Gasteiger partial charge in [-0.05, 0) is 42.1 Å². The van der Waals surface area contributed by atoms with Crippen LogP contribution in [0.1, 0.15) is 18.1 Å².